The maximum Gasteiger partial charge on any atom is 0.384 e. The Morgan fingerprint density at radius 3 is 2.64 bits per heavy atom. The van der Waals surface area contributed by atoms with Crippen molar-refractivity contribution in [2.75, 3.05) is 14.1 Å². The Morgan fingerprint density at radius 1 is 1.24 bits per heavy atom. The van der Waals surface area contributed by atoms with Crippen LogP contribution in [0.2, 0.25) is 0 Å². The average molecular weight is 356 g/mol. The van der Waals surface area contributed by atoms with E-state index in [4.69, 9.17) is 4.18 Å². The van der Waals surface area contributed by atoms with Gasteiger partial charge in [-0.1, -0.05) is 18.2 Å². The van der Waals surface area contributed by atoms with Crippen molar-refractivity contribution in [2.45, 2.75) is 0 Å². The fourth-order valence-electron chi connectivity index (χ4n) is 2.63. The van der Waals surface area contributed by atoms with Crippen molar-refractivity contribution in [1.29, 1.82) is 5.26 Å². The molecule has 2 heterocycles. The van der Waals surface area contributed by atoms with Gasteiger partial charge in [-0.25, -0.2) is 0 Å². The maximum absolute atomic E-state index is 11.9. The predicted molar refractivity (Wildman–Crippen MR) is 94.1 cm³/mol. The van der Waals surface area contributed by atoms with Gasteiger partial charge in [0.2, 0.25) is 0 Å². The van der Waals surface area contributed by atoms with Crippen LogP contribution >= 0.6 is 0 Å². The Labute approximate surface area is 146 Å². The Bertz CT molecular complexity index is 1090. The molecular formula is C17H16N4O3S. The zero-order chi connectivity index (χ0) is 18.2. The smallest absolute Gasteiger partial charge is 0.369 e. The van der Waals surface area contributed by atoms with Gasteiger partial charge in [0.05, 0.1) is 17.5 Å². The number of benzene rings is 1. The van der Waals surface area contributed by atoms with Crippen LogP contribution in [0.1, 0.15) is 5.56 Å². The van der Waals surface area contributed by atoms with Crippen LogP contribution in [0.3, 0.4) is 0 Å². The maximum atomic E-state index is 11.9. The van der Waals surface area contributed by atoms with Crippen LogP contribution in [-0.4, -0.2) is 36.4 Å². The molecule has 0 spiro atoms. The van der Waals surface area contributed by atoms with Crippen molar-refractivity contribution in [1.82, 2.24) is 13.9 Å². The minimum atomic E-state index is -3.88. The van der Waals surface area contributed by atoms with Crippen LogP contribution < -0.4 is 4.18 Å². The van der Waals surface area contributed by atoms with Gasteiger partial charge in [-0.3, -0.25) is 4.98 Å². The molecule has 0 radical (unpaired) electrons. The molecule has 0 amide bonds. The number of rotatable bonds is 4. The molecule has 0 atom stereocenters. The van der Waals surface area contributed by atoms with Crippen LogP contribution in [0.5, 0.6) is 5.75 Å². The summed E-state index contributed by atoms with van der Waals surface area (Å²) in [7, 11) is 0.729. The third-order valence-electron chi connectivity index (χ3n) is 3.85. The minimum absolute atomic E-state index is 0.0837. The van der Waals surface area contributed by atoms with Gasteiger partial charge >= 0.3 is 10.3 Å². The molecule has 2 aromatic heterocycles. The fourth-order valence-corrected chi connectivity index (χ4v) is 3.12. The molecule has 0 aliphatic carbocycles. The second kappa shape index (κ2) is 6.20. The van der Waals surface area contributed by atoms with Gasteiger partial charge in [-0.05, 0) is 12.1 Å². The van der Waals surface area contributed by atoms with Gasteiger partial charge < -0.3 is 8.75 Å². The highest BCUT2D eigenvalue weighted by Crippen LogP contribution is 2.33. The number of nitrogens with zero attached hydrogens (tertiary/aromatic N) is 4. The largest absolute Gasteiger partial charge is 0.384 e. The molecule has 0 N–H and O–H groups in total. The van der Waals surface area contributed by atoms with Crippen LogP contribution in [0.15, 0.2) is 42.7 Å². The first-order valence-electron chi connectivity index (χ1n) is 7.40. The summed E-state index contributed by atoms with van der Waals surface area (Å²) in [5.41, 5.74) is 2.67. The van der Waals surface area contributed by atoms with E-state index in [2.05, 4.69) is 11.1 Å². The molecule has 25 heavy (non-hydrogen) atoms. The van der Waals surface area contributed by atoms with Gasteiger partial charge in [0, 0.05) is 43.8 Å². The lowest BCUT2D eigenvalue weighted by Gasteiger charge is -2.12. The third-order valence-corrected chi connectivity index (χ3v) is 5.15. The summed E-state index contributed by atoms with van der Waals surface area (Å²) in [5, 5.41) is 10.4. The first-order chi connectivity index (χ1) is 11.8. The van der Waals surface area contributed by atoms with E-state index in [-0.39, 0.29) is 5.75 Å². The lowest BCUT2D eigenvalue weighted by molar-refractivity contribution is 0.421. The Hall–Kier alpha value is -2.89. The number of aromatic nitrogens is 2. The Morgan fingerprint density at radius 2 is 1.96 bits per heavy atom. The number of fused-ring (bicyclic) bond motifs is 1. The van der Waals surface area contributed by atoms with Crippen molar-refractivity contribution >= 4 is 21.2 Å². The summed E-state index contributed by atoms with van der Waals surface area (Å²) >= 11 is 0. The molecular weight excluding hydrogens is 340 g/mol. The summed E-state index contributed by atoms with van der Waals surface area (Å²) in [6.07, 6.45) is 2.89. The van der Waals surface area contributed by atoms with Gasteiger partial charge in [0.15, 0.2) is 5.75 Å². The molecule has 3 rings (SSSR count). The molecule has 7 nitrogen and oxygen atoms in total. The van der Waals surface area contributed by atoms with E-state index in [1.165, 1.54) is 20.3 Å². The van der Waals surface area contributed by atoms with Gasteiger partial charge in [0.1, 0.15) is 6.07 Å². The normalized spacial score (nSPS) is 11.6. The molecule has 0 unspecified atom stereocenters. The molecule has 0 aliphatic heterocycles. The van der Waals surface area contributed by atoms with Crippen molar-refractivity contribution in [3.05, 3.63) is 48.3 Å². The van der Waals surface area contributed by atoms with E-state index in [1.54, 1.807) is 12.3 Å². The number of aryl methyl sites for hydroxylation is 1. The monoisotopic (exact) mass is 356 g/mol. The predicted octanol–water partition coefficient (Wildman–Crippen LogP) is 2.30. The number of pyridine rings is 1. The second-order valence-electron chi connectivity index (χ2n) is 5.64. The molecule has 128 valence electrons. The van der Waals surface area contributed by atoms with E-state index in [9.17, 15) is 13.7 Å². The SMILES string of the molecule is CN(C)S(=O)(=O)Oc1cncc(-c2c(C#N)c3ccccc3n2C)c1. The molecule has 0 saturated heterocycles. The van der Waals surface area contributed by atoms with Crippen LogP contribution in [0.25, 0.3) is 22.2 Å². The second-order valence-corrected chi connectivity index (χ2v) is 7.40. The zero-order valence-corrected chi connectivity index (χ0v) is 14.8. The third kappa shape index (κ3) is 2.95. The van der Waals surface area contributed by atoms with E-state index < -0.39 is 10.3 Å². The lowest BCUT2D eigenvalue weighted by Crippen LogP contribution is -2.27. The molecule has 0 saturated carbocycles. The van der Waals surface area contributed by atoms with Crippen LogP contribution in [0, 0.1) is 11.3 Å². The fraction of sp³-hybridized carbons (Fsp3) is 0.176. The van der Waals surface area contributed by atoms with E-state index >= 15 is 0 Å². The highest BCUT2D eigenvalue weighted by molar-refractivity contribution is 7.84. The van der Waals surface area contributed by atoms with Crippen molar-refractivity contribution in [2.24, 2.45) is 7.05 Å². The van der Waals surface area contributed by atoms with Gasteiger partial charge in [-0.15, -0.1) is 0 Å². The summed E-state index contributed by atoms with van der Waals surface area (Å²) in [6.45, 7) is 0. The average Bonchev–Trinajstić information content (AvgIpc) is 2.87. The van der Waals surface area contributed by atoms with Crippen molar-refractivity contribution < 1.29 is 12.6 Å². The van der Waals surface area contributed by atoms with E-state index in [0.29, 0.717) is 16.8 Å². The first kappa shape index (κ1) is 17.0. The quantitative estimate of drug-likeness (QED) is 0.716. The molecule has 1 aromatic carbocycles. The molecule has 8 heteroatoms. The van der Waals surface area contributed by atoms with Crippen LogP contribution in [0.4, 0.5) is 0 Å². The van der Waals surface area contributed by atoms with Gasteiger partial charge in [0.25, 0.3) is 0 Å². The van der Waals surface area contributed by atoms with Gasteiger partial charge in [-0.2, -0.15) is 18.0 Å². The topological polar surface area (TPSA) is 88.2 Å². The first-order valence-corrected chi connectivity index (χ1v) is 8.76. The molecule has 0 aliphatic rings. The summed E-state index contributed by atoms with van der Waals surface area (Å²) in [6, 6.07) is 11.4. The van der Waals surface area contributed by atoms with E-state index in [1.807, 2.05) is 35.9 Å². The molecule has 3 aromatic rings. The summed E-state index contributed by atoms with van der Waals surface area (Å²) < 4.78 is 31.7. The lowest BCUT2D eigenvalue weighted by atomic mass is 10.1. The standard InChI is InChI=1S/C17H16N4O3S/c1-20(2)25(22,23)24-13-8-12(10-19-11-13)17-15(9-18)14-6-4-5-7-16(14)21(17)3/h4-8,10-11H,1-3H3. The van der Waals surface area contributed by atoms with Crippen molar-refractivity contribution in [3.8, 4) is 23.1 Å². The summed E-state index contributed by atoms with van der Waals surface area (Å²) in [4.78, 5) is 4.06. The number of hydrogen-bond donors (Lipinski definition) is 0. The minimum Gasteiger partial charge on any atom is -0.369 e. The Kier molecular flexibility index (Phi) is 4.20. The number of nitriles is 1. The van der Waals surface area contributed by atoms with Crippen molar-refractivity contribution in [3.63, 3.8) is 0 Å². The molecule has 0 bridgehead atoms. The number of para-hydroxylation sites is 1. The highest BCUT2D eigenvalue weighted by atomic mass is 32.2. The Balaban J connectivity index is 2.16. The number of hydrogen-bond acceptors (Lipinski definition) is 5. The highest BCUT2D eigenvalue weighted by Gasteiger charge is 2.19. The zero-order valence-electron chi connectivity index (χ0n) is 14.0. The van der Waals surface area contributed by atoms with E-state index in [0.717, 1.165) is 15.2 Å². The van der Waals surface area contributed by atoms with Crippen LogP contribution in [-0.2, 0) is 17.4 Å². The summed E-state index contributed by atoms with van der Waals surface area (Å²) in [5.74, 6) is 0.0837. The molecule has 0 fully saturated rings.